The molecule has 1 aromatic heterocycles. The van der Waals surface area contributed by atoms with Crippen LogP contribution in [-0.2, 0) is 0 Å². The van der Waals surface area contributed by atoms with Gasteiger partial charge < -0.3 is 20.2 Å². The van der Waals surface area contributed by atoms with Crippen LogP contribution in [0.25, 0.3) is 0 Å². The molecule has 0 fully saturated rings. The summed E-state index contributed by atoms with van der Waals surface area (Å²) in [6, 6.07) is 0. The first-order chi connectivity index (χ1) is 10.2. The van der Waals surface area contributed by atoms with Crippen molar-refractivity contribution in [3.63, 3.8) is 0 Å². The van der Waals surface area contributed by atoms with Gasteiger partial charge in [0, 0.05) is 39.3 Å². The fourth-order valence-electron chi connectivity index (χ4n) is 2.04. The van der Waals surface area contributed by atoms with E-state index in [0.717, 1.165) is 32.7 Å². The van der Waals surface area contributed by atoms with Crippen LogP contribution in [0.2, 0.25) is 0 Å². The van der Waals surface area contributed by atoms with Crippen LogP contribution in [0.3, 0.4) is 0 Å². The zero-order valence-corrected chi connectivity index (χ0v) is 13.6. The minimum atomic E-state index is 0.171. The van der Waals surface area contributed by atoms with Crippen LogP contribution in [0.5, 0.6) is 0 Å². The van der Waals surface area contributed by atoms with Gasteiger partial charge in [-0.05, 0) is 34.1 Å². The second-order valence-electron chi connectivity index (χ2n) is 4.62. The molecule has 120 valence electrons. The number of nitrogens with one attached hydrogen (secondary N) is 1. The van der Waals surface area contributed by atoms with Crippen molar-refractivity contribution >= 4 is 17.8 Å². The molecule has 0 aliphatic heterocycles. The van der Waals surface area contributed by atoms with Gasteiger partial charge >= 0.3 is 0 Å². The molecular weight excluding hydrogens is 268 g/mol. The van der Waals surface area contributed by atoms with E-state index in [2.05, 4.69) is 50.8 Å². The first-order valence-corrected chi connectivity index (χ1v) is 7.80. The first-order valence-electron chi connectivity index (χ1n) is 7.80. The van der Waals surface area contributed by atoms with Gasteiger partial charge in [0.2, 0.25) is 17.8 Å². The number of nitrogens with zero attached hydrogens (tertiary/aromatic N) is 5. The van der Waals surface area contributed by atoms with Crippen molar-refractivity contribution in [3.8, 4) is 0 Å². The van der Waals surface area contributed by atoms with Crippen LogP contribution in [0.1, 0.15) is 34.1 Å². The summed E-state index contributed by atoms with van der Waals surface area (Å²) >= 11 is 0. The molecule has 0 radical (unpaired) electrons. The number of hydrogen-bond donors (Lipinski definition) is 2. The quantitative estimate of drug-likeness (QED) is 0.675. The van der Waals surface area contributed by atoms with Gasteiger partial charge in [0.05, 0.1) is 0 Å². The van der Waals surface area contributed by atoms with Crippen molar-refractivity contribution in [2.24, 2.45) is 0 Å². The number of rotatable bonds is 10. The van der Waals surface area contributed by atoms with Crippen LogP contribution in [-0.4, -0.2) is 59.4 Å². The zero-order valence-electron chi connectivity index (χ0n) is 13.6. The second-order valence-corrected chi connectivity index (χ2v) is 4.62. The second kappa shape index (κ2) is 9.33. The Labute approximate surface area is 127 Å². The Morgan fingerprint density at radius 1 is 0.905 bits per heavy atom. The smallest absolute Gasteiger partial charge is 0.231 e. The average Bonchev–Trinajstić information content (AvgIpc) is 2.49. The summed E-state index contributed by atoms with van der Waals surface area (Å²) in [5, 5.41) is 12.2. The molecule has 1 aromatic rings. The molecule has 0 spiro atoms. The van der Waals surface area contributed by atoms with Crippen LogP contribution >= 0.6 is 0 Å². The third-order valence-electron chi connectivity index (χ3n) is 3.24. The minimum Gasteiger partial charge on any atom is -0.396 e. The molecule has 0 aliphatic rings. The fourth-order valence-corrected chi connectivity index (χ4v) is 2.04. The van der Waals surface area contributed by atoms with Gasteiger partial charge in [-0.25, -0.2) is 0 Å². The lowest BCUT2D eigenvalue weighted by Gasteiger charge is -2.24. The third-order valence-corrected chi connectivity index (χ3v) is 3.24. The Balaban J connectivity index is 3.10. The Morgan fingerprint density at radius 3 is 1.95 bits per heavy atom. The van der Waals surface area contributed by atoms with Gasteiger partial charge in [0.15, 0.2) is 0 Å². The molecule has 21 heavy (non-hydrogen) atoms. The van der Waals surface area contributed by atoms with E-state index < -0.39 is 0 Å². The van der Waals surface area contributed by atoms with E-state index in [1.807, 2.05) is 6.92 Å². The number of aliphatic hydroxyl groups excluding tert-OH is 1. The standard InChI is InChI=1S/C14H28N6O/c1-5-15-12-16-13(19(6-2)7-3)18-14(17-12)20(8-4)10-9-11-21/h21H,5-11H2,1-4H3,(H,15,16,17,18). The van der Waals surface area contributed by atoms with Gasteiger partial charge in [0.1, 0.15) is 0 Å². The number of aliphatic hydroxyl groups is 1. The molecule has 0 aromatic carbocycles. The molecule has 7 heteroatoms. The normalized spacial score (nSPS) is 10.5. The summed E-state index contributed by atoms with van der Waals surface area (Å²) in [6.45, 7) is 12.4. The summed E-state index contributed by atoms with van der Waals surface area (Å²) in [4.78, 5) is 17.7. The highest BCUT2D eigenvalue weighted by molar-refractivity contribution is 5.45. The fraction of sp³-hybridized carbons (Fsp3) is 0.786. The van der Waals surface area contributed by atoms with Crippen molar-refractivity contribution in [2.75, 3.05) is 54.4 Å². The van der Waals surface area contributed by atoms with Crippen molar-refractivity contribution in [1.29, 1.82) is 0 Å². The Kier molecular flexibility index (Phi) is 7.74. The van der Waals surface area contributed by atoms with E-state index in [0.29, 0.717) is 24.3 Å². The number of anilines is 3. The Bertz CT molecular complexity index is 410. The van der Waals surface area contributed by atoms with E-state index in [4.69, 9.17) is 5.11 Å². The number of aromatic nitrogens is 3. The molecule has 7 nitrogen and oxygen atoms in total. The van der Waals surface area contributed by atoms with Gasteiger partial charge in [-0.3, -0.25) is 0 Å². The minimum absolute atomic E-state index is 0.171. The monoisotopic (exact) mass is 296 g/mol. The van der Waals surface area contributed by atoms with Gasteiger partial charge in [-0.1, -0.05) is 0 Å². The maximum absolute atomic E-state index is 9.01. The molecule has 0 bridgehead atoms. The molecule has 0 unspecified atom stereocenters. The molecule has 0 saturated carbocycles. The van der Waals surface area contributed by atoms with Crippen molar-refractivity contribution in [2.45, 2.75) is 34.1 Å². The van der Waals surface area contributed by atoms with Gasteiger partial charge in [-0.2, -0.15) is 15.0 Å². The summed E-state index contributed by atoms with van der Waals surface area (Å²) in [7, 11) is 0. The van der Waals surface area contributed by atoms with Crippen LogP contribution in [0.15, 0.2) is 0 Å². The van der Waals surface area contributed by atoms with Crippen LogP contribution in [0, 0.1) is 0 Å². The lowest BCUT2D eigenvalue weighted by Crippen LogP contribution is -2.30. The molecule has 0 aliphatic carbocycles. The highest BCUT2D eigenvalue weighted by Crippen LogP contribution is 2.16. The molecule has 1 heterocycles. The zero-order chi connectivity index (χ0) is 15.7. The maximum atomic E-state index is 9.01. The molecule has 0 saturated heterocycles. The van der Waals surface area contributed by atoms with E-state index in [1.54, 1.807) is 0 Å². The van der Waals surface area contributed by atoms with E-state index >= 15 is 0 Å². The largest absolute Gasteiger partial charge is 0.396 e. The summed E-state index contributed by atoms with van der Waals surface area (Å²) < 4.78 is 0. The predicted octanol–water partition coefficient (Wildman–Crippen LogP) is 1.36. The highest BCUT2D eigenvalue weighted by Gasteiger charge is 2.14. The van der Waals surface area contributed by atoms with Gasteiger partial charge in [0.25, 0.3) is 0 Å². The summed E-state index contributed by atoms with van der Waals surface area (Å²) in [5.41, 5.74) is 0. The molecule has 1 rings (SSSR count). The van der Waals surface area contributed by atoms with E-state index in [1.165, 1.54) is 0 Å². The van der Waals surface area contributed by atoms with Crippen LogP contribution in [0.4, 0.5) is 17.8 Å². The molecule has 0 amide bonds. The Morgan fingerprint density at radius 2 is 1.48 bits per heavy atom. The molecule has 2 N–H and O–H groups in total. The summed E-state index contributed by atoms with van der Waals surface area (Å²) in [5.74, 6) is 1.97. The first kappa shape index (κ1) is 17.4. The topological polar surface area (TPSA) is 77.4 Å². The van der Waals surface area contributed by atoms with E-state index in [9.17, 15) is 0 Å². The third kappa shape index (κ3) is 5.00. The lowest BCUT2D eigenvalue weighted by molar-refractivity contribution is 0.289. The molecule has 0 atom stereocenters. The maximum Gasteiger partial charge on any atom is 0.231 e. The van der Waals surface area contributed by atoms with Crippen molar-refractivity contribution in [1.82, 2.24) is 15.0 Å². The summed E-state index contributed by atoms with van der Waals surface area (Å²) in [6.07, 6.45) is 0.705. The highest BCUT2D eigenvalue weighted by atomic mass is 16.3. The Hall–Kier alpha value is -1.63. The molecular formula is C14H28N6O. The van der Waals surface area contributed by atoms with Crippen LogP contribution < -0.4 is 15.1 Å². The number of hydrogen-bond acceptors (Lipinski definition) is 7. The van der Waals surface area contributed by atoms with Crippen molar-refractivity contribution < 1.29 is 5.11 Å². The van der Waals surface area contributed by atoms with Crippen molar-refractivity contribution in [3.05, 3.63) is 0 Å². The predicted molar refractivity (Wildman–Crippen MR) is 87.1 cm³/mol. The van der Waals surface area contributed by atoms with E-state index in [-0.39, 0.29) is 6.61 Å². The average molecular weight is 296 g/mol. The SMILES string of the molecule is CCNc1nc(N(CC)CC)nc(N(CC)CCCO)n1. The lowest BCUT2D eigenvalue weighted by atomic mass is 10.4. The van der Waals surface area contributed by atoms with Gasteiger partial charge in [-0.15, -0.1) is 0 Å².